The van der Waals surface area contributed by atoms with Crippen LogP contribution in [0.2, 0.25) is 0 Å². The number of hydrogen-bond acceptors (Lipinski definition) is 3. The maximum atomic E-state index is 13.9. The molecule has 2 heterocycles. The fraction of sp³-hybridized carbons (Fsp3) is 0.0488. The van der Waals surface area contributed by atoms with Gasteiger partial charge in [0.15, 0.2) is 17.5 Å². The van der Waals surface area contributed by atoms with E-state index in [1.54, 1.807) is 48.5 Å². The van der Waals surface area contributed by atoms with E-state index in [4.69, 9.17) is 15.0 Å². The average molecular weight is 687 g/mol. The molecular weight excluding hydrogens is 662 g/mol. The summed E-state index contributed by atoms with van der Waals surface area (Å²) in [7, 11) is 0. The van der Waals surface area contributed by atoms with E-state index in [1.807, 2.05) is 65.2 Å². The number of hydrogen-bond donors (Lipinski definition) is 0. The van der Waals surface area contributed by atoms with Gasteiger partial charge in [-0.05, 0) is 59.7 Å². The van der Waals surface area contributed by atoms with Crippen molar-refractivity contribution in [2.45, 2.75) is 12.4 Å². The minimum atomic E-state index is -4.57. The topological polar surface area (TPSA) is 43.6 Å². The molecule has 0 aliphatic rings. The summed E-state index contributed by atoms with van der Waals surface area (Å²) in [6.07, 6.45) is -9.13. The summed E-state index contributed by atoms with van der Waals surface area (Å²) >= 11 is 0. The van der Waals surface area contributed by atoms with Crippen molar-refractivity contribution in [3.8, 4) is 51.0 Å². The number of nitrogens with zero attached hydrogens (tertiary/aromatic N) is 4. The lowest BCUT2D eigenvalue weighted by Gasteiger charge is -2.17. The maximum absolute atomic E-state index is 13.9. The molecule has 2 aromatic heterocycles. The molecule has 0 aliphatic heterocycles. The summed E-state index contributed by atoms with van der Waals surface area (Å²) in [5.74, 6) is 1.06. The van der Waals surface area contributed by atoms with Crippen LogP contribution in [-0.4, -0.2) is 19.5 Å². The molecule has 6 aromatic carbocycles. The molecule has 0 aliphatic carbocycles. The quantitative estimate of drug-likeness (QED) is 0.169. The van der Waals surface area contributed by atoms with Crippen LogP contribution in [-0.2, 0) is 12.4 Å². The van der Waals surface area contributed by atoms with Crippen LogP contribution in [0.15, 0.2) is 146 Å². The number of rotatable bonds is 5. The Morgan fingerprint density at radius 1 is 0.392 bits per heavy atom. The first-order chi connectivity index (χ1) is 24.5. The Kier molecular flexibility index (Phi) is 7.67. The van der Waals surface area contributed by atoms with E-state index < -0.39 is 23.5 Å². The highest BCUT2D eigenvalue weighted by Gasteiger charge is 2.32. The van der Waals surface area contributed by atoms with Gasteiger partial charge in [0.1, 0.15) is 0 Å². The zero-order valence-electron chi connectivity index (χ0n) is 26.4. The van der Waals surface area contributed by atoms with E-state index in [0.29, 0.717) is 55.8 Å². The van der Waals surface area contributed by atoms with Crippen LogP contribution in [0.1, 0.15) is 11.1 Å². The molecule has 0 spiro atoms. The lowest BCUT2D eigenvalue weighted by Crippen LogP contribution is -2.06. The largest absolute Gasteiger partial charge is 0.416 e. The van der Waals surface area contributed by atoms with E-state index in [2.05, 4.69) is 0 Å². The molecule has 0 fully saturated rings. The summed E-state index contributed by atoms with van der Waals surface area (Å²) in [5, 5.41) is 0.932. The number of halogens is 6. The van der Waals surface area contributed by atoms with Crippen molar-refractivity contribution >= 4 is 21.8 Å². The highest BCUT2D eigenvalue weighted by atomic mass is 19.4. The van der Waals surface area contributed by atoms with Crippen LogP contribution in [0.5, 0.6) is 0 Å². The van der Waals surface area contributed by atoms with Gasteiger partial charge in [-0.2, -0.15) is 26.3 Å². The lowest BCUT2D eigenvalue weighted by molar-refractivity contribution is -0.138. The van der Waals surface area contributed by atoms with Crippen LogP contribution in [0.25, 0.3) is 72.8 Å². The van der Waals surface area contributed by atoms with Crippen molar-refractivity contribution in [1.82, 2.24) is 19.5 Å². The molecule has 0 amide bonds. The first-order valence-electron chi connectivity index (χ1n) is 15.8. The summed E-state index contributed by atoms with van der Waals surface area (Å²) in [4.78, 5) is 14.6. The second kappa shape index (κ2) is 12.2. The number of benzene rings is 6. The van der Waals surface area contributed by atoms with Gasteiger partial charge in [0.2, 0.25) is 0 Å². The fourth-order valence-corrected chi connectivity index (χ4v) is 6.30. The molecule has 51 heavy (non-hydrogen) atoms. The second-order valence-electron chi connectivity index (χ2n) is 11.9. The van der Waals surface area contributed by atoms with Gasteiger partial charge >= 0.3 is 12.4 Å². The Morgan fingerprint density at radius 2 is 0.922 bits per heavy atom. The Labute approximate surface area is 287 Å². The van der Waals surface area contributed by atoms with Gasteiger partial charge in [-0.15, -0.1) is 0 Å². The van der Waals surface area contributed by atoms with Crippen LogP contribution >= 0.6 is 0 Å². The first-order valence-corrected chi connectivity index (χ1v) is 15.8. The first kappa shape index (κ1) is 31.9. The van der Waals surface area contributed by atoms with Crippen molar-refractivity contribution in [3.05, 3.63) is 157 Å². The zero-order chi connectivity index (χ0) is 35.3. The number of fused-ring (bicyclic) bond motifs is 3. The normalized spacial score (nSPS) is 12.1. The predicted molar refractivity (Wildman–Crippen MR) is 186 cm³/mol. The van der Waals surface area contributed by atoms with Crippen LogP contribution in [0, 0.1) is 0 Å². The van der Waals surface area contributed by atoms with Gasteiger partial charge in [0, 0.05) is 27.5 Å². The molecule has 250 valence electrons. The molecule has 0 N–H and O–H groups in total. The molecule has 8 rings (SSSR count). The van der Waals surface area contributed by atoms with E-state index >= 15 is 0 Å². The zero-order valence-corrected chi connectivity index (χ0v) is 26.4. The number of alkyl halides is 6. The average Bonchev–Trinajstić information content (AvgIpc) is 3.48. The maximum Gasteiger partial charge on any atom is 0.416 e. The molecule has 0 unspecified atom stereocenters. The molecule has 4 nitrogen and oxygen atoms in total. The number of aromatic nitrogens is 4. The van der Waals surface area contributed by atoms with Gasteiger partial charge in [-0.25, -0.2) is 15.0 Å². The van der Waals surface area contributed by atoms with Crippen LogP contribution in [0.3, 0.4) is 0 Å². The molecule has 0 atom stereocenters. The Bertz CT molecular complexity index is 2500. The monoisotopic (exact) mass is 686 g/mol. The Hall–Kier alpha value is -6.29. The van der Waals surface area contributed by atoms with E-state index in [-0.39, 0.29) is 5.82 Å². The smallest absolute Gasteiger partial charge is 0.308 e. The molecule has 0 saturated carbocycles. The predicted octanol–water partition coefficient (Wildman–Crippen LogP) is 11.7. The SMILES string of the molecule is FC(F)(F)c1cccc(-c2ccc(-c3nc(-c4ccccc4)nc(-c4ccccc4)n3)c(-n3c4ccccc4c4cc(C(F)(F)F)ccc43)c2)c1. The van der Waals surface area contributed by atoms with Crippen LogP contribution < -0.4 is 0 Å². The standard InChI is InChI=1S/C41H24F6N4/c42-40(43,44)29-15-9-14-27(22-29)28-18-20-32(39-49-37(25-10-3-1-4-11-25)48-38(50-39)26-12-5-2-6-13-26)36(23-28)51-34-17-8-7-16-31(34)33-24-30(41(45,46)47)19-21-35(33)51/h1-24H. The Balaban J connectivity index is 1.45. The molecule has 10 heteroatoms. The minimum absolute atomic E-state index is 0.270. The summed E-state index contributed by atoms with van der Waals surface area (Å²) in [6.45, 7) is 0. The van der Waals surface area contributed by atoms with E-state index in [1.165, 1.54) is 12.1 Å². The third-order valence-corrected chi connectivity index (χ3v) is 8.70. The van der Waals surface area contributed by atoms with Gasteiger partial charge in [0.25, 0.3) is 0 Å². The second-order valence-corrected chi connectivity index (χ2v) is 11.9. The summed E-state index contributed by atoms with van der Waals surface area (Å²) in [5.41, 5.74) is 2.64. The van der Waals surface area contributed by atoms with Gasteiger partial charge in [0.05, 0.1) is 27.8 Å². The lowest BCUT2D eigenvalue weighted by atomic mass is 9.99. The number of para-hydroxylation sites is 1. The van der Waals surface area contributed by atoms with Crippen LogP contribution in [0.4, 0.5) is 26.3 Å². The van der Waals surface area contributed by atoms with Crippen molar-refractivity contribution in [1.29, 1.82) is 0 Å². The summed E-state index contributed by atoms with van der Waals surface area (Å²) in [6, 6.07) is 39.5. The molecule has 0 bridgehead atoms. The third kappa shape index (κ3) is 5.99. The van der Waals surface area contributed by atoms with Gasteiger partial charge in [-0.3, -0.25) is 0 Å². The third-order valence-electron chi connectivity index (χ3n) is 8.70. The summed E-state index contributed by atoms with van der Waals surface area (Å²) < 4.78 is 85.0. The fourth-order valence-electron chi connectivity index (χ4n) is 6.30. The molecule has 8 aromatic rings. The van der Waals surface area contributed by atoms with E-state index in [9.17, 15) is 26.3 Å². The van der Waals surface area contributed by atoms with E-state index in [0.717, 1.165) is 35.4 Å². The van der Waals surface area contributed by atoms with Crippen molar-refractivity contribution < 1.29 is 26.3 Å². The molecule has 0 radical (unpaired) electrons. The van der Waals surface area contributed by atoms with Gasteiger partial charge < -0.3 is 4.57 Å². The highest BCUT2D eigenvalue weighted by Crippen LogP contribution is 2.41. The van der Waals surface area contributed by atoms with Crippen molar-refractivity contribution in [2.75, 3.05) is 0 Å². The van der Waals surface area contributed by atoms with Crippen molar-refractivity contribution in [2.24, 2.45) is 0 Å². The van der Waals surface area contributed by atoms with Crippen molar-refractivity contribution in [3.63, 3.8) is 0 Å². The Morgan fingerprint density at radius 3 is 1.57 bits per heavy atom. The molecular formula is C41H24F6N4. The minimum Gasteiger partial charge on any atom is -0.308 e. The van der Waals surface area contributed by atoms with Gasteiger partial charge in [-0.1, -0.05) is 97.1 Å². The highest BCUT2D eigenvalue weighted by molar-refractivity contribution is 6.10. The molecule has 0 saturated heterocycles.